The lowest BCUT2D eigenvalue weighted by atomic mass is 10.1. The normalized spacial score (nSPS) is 13.5. The van der Waals surface area contributed by atoms with Gasteiger partial charge in [0.25, 0.3) is 0 Å². The fourth-order valence-electron chi connectivity index (χ4n) is 2.96. The van der Waals surface area contributed by atoms with Crippen LogP contribution in [0.1, 0.15) is 35.6 Å². The average Bonchev–Trinajstić information content (AvgIpc) is 2.56. The fourth-order valence-corrected chi connectivity index (χ4v) is 5.77. The first kappa shape index (κ1) is 21.5. The summed E-state index contributed by atoms with van der Waals surface area (Å²) >= 11 is 0. The van der Waals surface area contributed by atoms with Gasteiger partial charge in [-0.1, -0.05) is 24.6 Å². The molecule has 0 spiro atoms. The van der Waals surface area contributed by atoms with Gasteiger partial charge in [-0.15, -0.1) is 0 Å². The average molecular weight is 417 g/mol. The van der Waals surface area contributed by atoms with Gasteiger partial charge in [-0.25, -0.2) is 25.6 Å². The van der Waals surface area contributed by atoms with Gasteiger partial charge >= 0.3 is 0 Å². The number of halogens is 2. The Morgan fingerprint density at radius 2 is 1.63 bits per heavy atom. The smallest absolute Gasteiger partial charge is 0.185 e. The quantitative estimate of drug-likeness (QED) is 0.610. The van der Waals surface area contributed by atoms with E-state index in [1.165, 1.54) is 6.07 Å². The van der Waals surface area contributed by atoms with E-state index in [1.54, 1.807) is 25.1 Å². The van der Waals surface area contributed by atoms with Crippen LogP contribution in [0, 0.1) is 18.6 Å². The van der Waals surface area contributed by atoms with Crippen molar-refractivity contribution < 1.29 is 25.6 Å². The third kappa shape index (κ3) is 5.59. The molecule has 2 rings (SSSR count). The van der Waals surface area contributed by atoms with Gasteiger partial charge in [0.05, 0.1) is 10.1 Å². The summed E-state index contributed by atoms with van der Waals surface area (Å²) in [7, 11) is -7.18. The summed E-state index contributed by atoms with van der Waals surface area (Å²) in [6, 6.07) is 9.07. The summed E-state index contributed by atoms with van der Waals surface area (Å²) in [4.78, 5) is 0.0572. The van der Waals surface area contributed by atoms with Gasteiger partial charge in [0.2, 0.25) is 0 Å². The second-order valence-corrected chi connectivity index (χ2v) is 10.9. The highest BCUT2D eigenvalue weighted by Gasteiger charge is 2.32. The molecular weight excluding hydrogens is 394 g/mol. The van der Waals surface area contributed by atoms with Crippen LogP contribution in [0.4, 0.5) is 8.78 Å². The molecule has 8 heteroatoms. The molecule has 2 aromatic carbocycles. The lowest BCUT2D eigenvalue weighted by molar-refractivity contribution is 0.543. The van der Waals surface area contributed by atoms with Gasteiger partial charge in [-0.05, 0) is 49.6 Å². The zero-order chi connectivity index (χ0) is 20.2. The largest absolute Gasteiger partial charge is 0.229 e. The summed E-state index contributed by atoms with van der Waals surface area (Å²) in [5.74, 6) is -1.62. The van der Waals surface area contributed by atoms with Crippen LogP contribution in [0.25, 0.3) is 0 Å². The van der Waals surface area contributed by atoms with Crippen molar-refractivity contribution in [3.05, 3.63) is 65.2 Å². The Morgan fingerprint density at radius 3 is 2.26 bits per heavy atom. The Bertz CT molecular complexity index is 1020. The predicted molar refractivity (Wildman–Crippen MR) is 101 cm³/mol. The number of hydrogen-bond donors (Lipinski definition) is 0. The third-order valence-electron chi connectivity index (χ3n) is 4.31. The Labute approximate surface area is 159 Å². The van der Waals surface area contributed by atoms with Gasteiger partial charge in [-0.2, -0.15) is 0 Å². The van der Waals surface area contributed by atoms with Crippen molar-refractivity contribution in [1.29, 1.82) is 0 Å². The highest BCUT2D eigenvalue weighted by molar-refractivity contribution is 7.91. The van der Waals surface area contributed by atoms with Crippen molar-refractivity contribution in [3.8, 4) is 0 Å². The minimum absolute atomic E-state index is 0.00738. The summed E-state index contributed by atoms with van der Waals surface area (Å²) < 4.78 is 77.0. The van der Waals surface area contributed by atoms with Crippen LogP contribution < -0.4 is 0 Å². The maximum Gasteiger partial charge on any atom is 0.185 e. The van der Waals surface area contributed by atoms with Crippen LogP contribution in [-0.4, -0.2) is 28.8 Å². The molecule has 27 heavy (non-hydrogen) atoms. The molecule has 0 aromatic heterocycles. The summed E-state index contributed by atoms with van der Waals surface area (Å²) in [5, 5.41) is -1.30. The topological polar surface area (TPSA) is 68.3 Å². The van der Waals surface area contributed by atoms with Gasteiger partial charge in [0.15, 0.2) is 9.84 Å². The molecule has 1 unspecified atom stereocenters. The van der Waals surface area contributed by atoms with Crippen LogP contribution >= 0.6 is 0 Å². The lowest BCUT2D eigenvalue weighted by Crippen LogP contribution is -2.17. The lowest BCUT2D eigenvalue weighted by Gasteiger charge is -2.20. The molecule has 0 aliphatic rings. The summed E-state index contributed by atoms with van der Waals surface area (Å²) in [6.07, 6.45) is 1.59. The first-order valence-corrected chi connectivity index (χ1v) is 12.1. The first-order valence-electron chi connectivity index (χ1n) is 8.44. The zero-order valence-electron chi connectivity index (χ0n) is 15.2. The number of hydrogen-bond acceptors (Lipinski definition) is 4. The number of rotatable bonds is 8. The van der Waals surface area contributed by atoms with E-state index in [4.69, 9.17) is 0 Å². The van der Waals surface area contributed by atoms with Crippen molar-refractivity contribution in [1.82, 2.24) is 0 Å². The number of sulfone groups is 2. The van der Waals surface area contributed by atoms with Crippen molar-refractivity contribution >= 4 is 19.7 Å². The van der Waals surface area contributed by atoms with Crippen molar-refractivity contribution in [2.75, 3.05) is 12.0 Å². The number of benzene rings is 2. The van der Waals surface area contributed by atoms with E-state index in [1.807, 2.05) is 0 Å². The number of unbranched alkanes of at least 4 members (excludes halogenated alkanes) is 1. The Balaban J connectivity index is 2.43. The molecule has 0 aliphatic carbocycles. The molecule has 2 aromatic rings. The molecule has 0 bridgehead atoms. The van der Waals surface area contributed by atoms with Crippen LogP contribution in [0.5, 0.6) is 0 Å². The van der Waals surface area contributed by atoms with Gasteiger partial charge in [0, 0.05) is 17.6 Å². The van der Waals surface area contributed by atoms with Crippen LogP contribution in [0.3, 0.4) is 0 Å². The molecule has 0 N–H and O–H groups in total. The van der Waals surface area contributed by atoms with Crippen molar-refractivity contribution in [2.45, 2.75) is 36.3 Å². The first-order chi connectivity index (χ1) is 12.5. The third-order valence-corrected chi connectivity index (χ3v) is 7.65. The maximum absolute atomic E-state index is 14.3. The van der Waals surface area contributed by atoms with Gasteiger partial charge in [0.1, 0.15) is 21.5 Å². The van der Waals surface area contributed by atoms with E-state index in [-0.39, 0.29) is 35.5 Å². The van der Waals surface area contributed by atoms with Crippen molar-refractivity contribution in [2.24, 2.45) is 0 Å². The molecule has 0 fully saturated rings. The van der Waals surface area contributed by atoms with Crippen LogP contribution in [0.2, 0.25) is 0 Å². The molecule has 0 heterocycles. The number of aryl methyl sites for hydroxylation is 1. The highest BCUT2D eigenvalue weighted by Crippen LogP contribution is 2.36. The van der Waals surface area contributed by atoms with Gasteiger partial charge in [-0.3, -0.25) is 0 Å². The predicted octanol–water partition coefficient (Wildman–Crippen LogP) is 4.00. The highest BCUT2D eigenvalue weighted by atomic mass is 32.2. The molecule has 148 valence electrons. The Kier molecular flexibility index (Phi) is 6.75. The van der Waals surface area contributed by atoms with Crippen LogP contribution in [-0.2, 0) is 19.7 Å². The maximum atomic E-state index is 14.3. The standard InChI is InChI=1S/C19H22F2O4S2/c1-14-7-3-4-8-18(14)27(24,25)19(9-5-6-12-26(2,22)23)16-13-15(20)10-11-17(16)21/h3-4,7-8,10-11,13,19H,5-6,9,12H2,1-2H3. The van der Waals surface area contributed by atoms with E-state index < -0.39 is 36.6 Å². The molecule has 0 amide bonds. The minimum atomic E-state index is -4.00. The Morgan fingerprint density at radius 1 is 0.963 bits per heavy atom. The van der Waals surface area contributed by atoms with Gasteiger partial charge < -0.3 is 0 Å². The minimum Gasteiger partial charge on any atom is -0.229 e. The molecule has 0 saturated heterocycles. The monoisotopic (exact) mass is 416 g/mol. The molecule has 0 aliphatic heterocycles. The van der Waals surface area contributed by atoms with E-state index in [0.29, 0.717) is 5.56 Å². The zero-order valence-corrected chi connectivity index (χ0v) is 16.8. The van der Waals surface area contributed by atoms with E-state index in [2.05, 4.69) is 0 Å². The second-order valence-electron chi connectivity index (χ2n) is 6.59. The SMILES string of the molecule is Cc1ccccc1S(=O)(=O)C(CCCCS(C)(=O)=O)c1cc(F)ccc1F. The van der Waals surface area contributed by atoms with Crippen LogP contribution in [0.15, 0.2) is 47.4 Å². The summed E-state index contributed by atoms with van der Waals surface area (Å²) in [6.45, 7) is 1.63. The van der Waals surface area contributed by atoms with E-state index in [0.717, 1.165) is 24.5 Å². The molecule has 0 saturated carbocycles. The Hall–Kier alpha value is -1.80. The molecule has 4 nitrogen and oxygen atoms in total. The second kappa shape index (κ2) is 8.48. The molecular formula is C19H22F2O4S2. The van der Waals surface area contributed by atoms with Crippen molar-refractivity contribution in [3.63, 3.8) is 0 Å². The summed E-state index contributed by atoms with van der Waals surface area (Å²) in [5.41, 5.74) is 0.271. The van der Waals surface area contributed by atoms with E-state index in [9.17, 15) is 25.6 Å². The fraction of sp³-hybridized carbons (Fsp3) is 0.368. The molecule has 0 radical (unpaired) electrons. The van der Waals surface area contributed by atoms with E-state index >= 15 is 0 Å². The molecule has 1 atom stereocenters.